The number of halogens is 1. The fourth-order valence-corrected chi connectivity index (χ4v) is 5.31. The second-order valence-corrected chi connectivity index (χ2v) is 10.1. The van der Waals surface area contributed by atoms with Gasteiger partial charge in [-0.3, -0.25) is 28.0 Å². The van der Waals surface area contributed by atoms with Gasteiger partial charge in [0.1, 0.15) is 42.5 Å². The zero-order valence-corrected chi connectivity index (χ0v) is 20.6. The summed E-state index contributed by atoms with van der Waals surface area (Å²) in [5, 5.41) is 30.8. The van der Waals surface area contributed by atoms with E-state index in [1.165, 1.54) is 17.2 Å². The third-order valence-electron chi connectivity index (χ3n) is 6.25. The van der Waals surface area contributed by atoms with Crippen molar-refractivity contribution in [3.05, 3.63) is 45.5 Å². The number of aliphatic hydroxyl groups is 3. The first-order chi connectivity index (χ1) is 18.5. The van der Waals surface area contributed by atoms with Crippen LogP contribution in [0.3, 0.4) is 0 Å². The van der Waals surface area contributed by atoms with Crippen molar-refractivity contribution < 1.29 is 47.7 Å². The van der Waals surface area contributed by atoms with Crippen LogP contribution in [-0.2, 0) is 23.1 Å². The largest absolute Gasteiger partial charge is 0.472 e. The first kappa shape index (κ1) is 27.4. The number of ether oxygens (including phenoxy) is 2. The van der Waals surface area contributed by atoms with Crippen molar-refractivity contribution in [2.75, 3.05) is 18.9 Å². The Morgan fingerprint density at radius 2 is 1.97 bits per heavy atom. The van der Waals surface area contributed by atoms with Gasteiger partial charge >= 0.3 is 13.5 Å². The average molecular weight is 575 g/mol. The number of nitrogens with zero attached hydrogens (tertiary/aromatic N) is 5. The van der Waals surface area contributed by atoms with Crippen LogP contribution in [0.5, 0.6) is 0 Å². The molecule has 1 unspecified atom stereocenters. The number of aromatic amines is 1. The van der Waals surface area contributed by atoms with E-state index in [9.17, 15) is 38.8 Å². The Morgan fingerprint density at radius 1 is 1.21 bits per heavy atom. The van der Waals surface area contributed by atoms with Crippen molar-refractivity contribution in [3.8, 4) is 0 Å². The number of nitrogens with two attached hydrogens (primary N) is 1. The molecule has 0 bridgehead atoms. The normalized spacial score (nSPS) is 30.6. The average Bonchev–Trinajstić information content (AvgIpc) is 3.56. The standard InChI is InChI=1S/C19H23FN7O11P/c20-7-2-26(19(32)25-17(7)31)11-1-8(29)10(36-11)4-35-39(33,34)38-14-9(3-28)37-18(13(14)30)27-6-24-12-15(21)22-5-23-16(12)27/h2,5-6,8-11,13-14,18,28-30H,1,3-4H2,(H,33,34)(H2,21,22,23)(H,25,31,32)/t8-,9-,10+,11+,13-,14-,18-/m0/s1. The lowest BCUT2D eigenvalue weighted by Gasteiger charge is -2.23. The van der Waals surface area contributed by atoms with Crippen LogP contribution < -0.4 is 17.0 Å². The number of anilines is 1. The molecule has 2 saturated heterocycles. The molecule has 7 N–H and O–H groups in total. The molecule has 0 spiro atoms. The lowest BCUT2D eigenvalue weighted by Crippen LogP contribution is -2.36. The SMILES string of the molecule is Nc1ncnc2c1ncn2[C@H]1O[C@@H](CO)[C@H](OP(=O)(O)OC[C@H]2O[C@@H](n3cc(F)c(=O)[nH]c3=O)C[C@@H]2O)[C@@H]1O. The number of hydrogen-bond donors (Lipinski definition) is 6. The monoisotopic (exact) mass is 575 g/mol. The first-order valence-corrected chi connectivity index (χ1v) is 12.9. The summed E-state index contributed by atoms with van der Waals surface area (Å²) in [4.78, 5) is 47.2. The zero-order valence-electron chi connectivity index (χ0n) is 19.7. The molecule has 0 radical (unpaired) electrons. The second-order valence-electron chi connectivity index (χ2n) is 8.73. The van der Waals surface area contributed by atoms with Crippen LogP contribution in [0.1, 0.15) is 18.9 Å². The van der Waals surface area contributed by atoms with Crippen molar-refractivity contribution in [1.82, 2.24) is 29.1 Å². The number of phosphoric ester groups is 1. The van der Waals surface area contributed by atoms with Crippen molar-refractivity contribution in [3.63, 3.8) is 0 Å². The van der Waals surface area contributed by atoms with Gasteiger partial charge in [0.15, 0.2) is 17.7 Å². The van der Waals surface area contributed by atoms with E-state index < -0.39 is 81.1 Å². The molecule has 8 atom stereocenters. The van der Waals surface area contributed by atoms with Gasteiger partial charge in [-0.05, 0) is 0 Å². The van der Waals surface area contributed by atoms with Gasteiger partial charge in [0.2, 0.25) is 5.82 Å². The van der Waals surface area contributed by atoms with Crippen molar-refractivity contribution >= 4 is 24.8 Å². The molecule has 18 nitrogen and oxygen atoms in total. The molecule has 5 heterocycles. The lowest BCUT2D eigenvalue weighted by atomic mass is 10.1. The number of aromatic nitrogens is 6. The number of rotatable bonds is 8. The van der Waals surface area contributed by atoms with Crippen LogP contribution in [0.4, 0.5) is 10.2 Å². The van der Waals surface area contributed by atoms with E-state index in [0.29, 0.717) is 10.8 Å². The van der Waals surface area contributed by atoms with Gasteiger partial charge in [0.25, 0.3) is 5.56 Å². The highest BCUT2D eigenvalue weighted by molar-refractivity contribution is 7.47. The minimum atomic E-state index is -4.97. The highest BCUT2D eigenvalue weighted by atomic mass is 31.2. The van der Waals surface area contributed by atoms with Crippen molar-refractivity contribution in [2.24, 2.45) is 0 Å². The van der Waals surface area contributed by atoms with E-state index in [1.54, 1.807) is 4.98 Å². The minimum absolute atomic E-state index is 0.0696. The summed E-state index contributed by atoms with van der Waals surface area (Å²) in [6.45, 7) is -1.43. The maximum atomic E-state index is 13.6. The van der Waals surface area contributed by atoms with Crippen LogP contribution in [0.15, 0.2) is 28.4 Å². The minimum Gasteiger partial charge on any atom is -0.394 e. The lowest BCUT2D eigenvalue weighted by molar-refractivity contribution is -0.0569. The van der Waals surface area contributed by atoms with E-state index in [2.05, 4.69) is 15.0 Å². The number of hydrogen-bond acceptors (Lipinski definition) is 14. The van der Waals surface area contributed by atoms with Crippen LogP contribution >= 0.6 is 7.82 Å². The van der Waals surface area contributed by atoms with Gasteiger partial charge in [0, 0.05) is 6.42 Å². The summed E-state index contributed by atoms with van der Waals surface area (Å²) in [5.41, 5.74) is 3.96. The van der Waals surface area contributed by atoms with Gasteiger partial charge in [-0.2, -0.15) is 4.39 Å². The molecule has 0 amide bonds. The molecule has 20 heteroatoms. The van der Waals surface area contributed by atoms with E-state index in [-0.39, 0.29) is 23.4 Å². The fourth-order valence-electron chi connectivity index (χ4n) is 4.35. The summed E-state index contributed by atoms with van der Waals surface area (Å²) in [7, 11) is -4.97. The van der Waals surface area contributed by atoms with E-state index in [0.717, 1.165) is 0 Å². The summed E-state index contributed by atoms with van der Waals surface area (Å²) in [5.74, 6) is -1.19. The third kappa shape index (κ3) is 5.23. The summed E-state index contributed by atoms with van der Waals surface area (Å²) < 4.78 is 49.4. The molecule has 5 rings (SSSR count). The van der Waals surface area contributed by atoms with Gasteiger partial charge in [0.05, 0.1) is 31.8 Å². The van der Waals surface area contributed by atoms with Gasteiger partial charge in [-0.1, -0.05) is 0 Å². The summed E-state index contributed by atoms with van der Waals surface area (Å²) in [6.07, 6.45) is -6.66. The molecular formula is C19H23FN7O11P. The van der Waals surface area contributed by atoms with Crippen LogP contribution in [0.25, 0.3) is 11.2 Å². The molecule has 0 aromatic carbocycles. The number of fused-ring (bicyclic) bond motifs is 1. The Bertz CT molecular complexity index is 1530. The van der Waals surface area contributed by atoms with Crippen molar-refractivity contribution in [2.45, 2.75) is 49.4 Å². The number of nitrogen functional groups attached to an aromatic ring is 1. The maximum Gasteiger partial charge on any atom is 0.472 e. The molecule has 39 heavy (non-hydrogen) atoms. The third-order valence-corrected chi connectivity index (χ3v) is 7.23. The molecule has 2 aliphatic rings. The molecule has 3 aromatic rings. The van der Waals surface area contributed by atoms with E-state index in [4.69, 9.17) is 24.3 Å². The predicted molar refractivity (Wildman–Crippen MR) is 123 cm³/mol. The topological polar surface area (TPSA) is 259 Å². The number of imidazole rings is 1. The van der Waals surface area contributed by atoms with Gasteiger partial charge in [-0.25, -0.2) is 24.3 Å². The Balaban J connectivity index is 1.25. The molecule has 0 aliphatic carbocycles. The highest BCUT2D eigenvalue weighted by Gasteiger charge is 2.49. The van der Waals surface area contributed by atoms with Gasteiger partial charge in [-0.15, -0.1) is 0 Å². The maximum absolute atomic E-state index is 13.6. The van der Waals surface area contributed by atoms with Crippen molar-refractivity contribution in [1.29, 1.82) is 0 Å². The number of phosphoric acid groups is 1. The number of H-pyrrole nitrogens is 1. The molecule has 2 fully saturated rings. The Hall–Kier alpha value is -3.13. The van der Waals surface area contributed by atoms with Gasteiger partial charge < -0.3 is 35.4 Å². The summed E-state index contributed by atoms with van der Waals surface area (Å²) in [6, 6.07) is 0. The molecule has 2 aliphatic heterocycles. The van der Waals surface area contributed by atoms with Crippen LogP contribution in [-0.4, -0.2) is 93.0 Å². The highest BCUT2D eigenvalue weighted by Crippen LogP contribution is 2.49. The first-order valence-electron chi connectivity index (χ1n) is 11.4. The Labute approximate surface area is 216 Å². The van der Waals surface area contributed by atoms with Crippen LogP contribution in [0.2, 0.25) is 0 Å². The smallest absolute Gasteiger partial charge is 0.394 e. The van der Waals surface area contributed by atoms with Crippen LogP contribution in [0, 0.1) is 5.82 Å². The zero-order chi connectivity index (χ0) is 28.1. The number of nitrogens with one attached hydrogen (secondary N) is 1. The number of aliphatic hydroxyl groups excluding tert-OH is 3. The molecule has 212 valence electrons. The quantitative estimate of drug-likeness (QED) is 0.152. The predicted octanol–water partition coefficient (Wildman–Crippen LogP) is -2.50. The Kier molecular flexibility index (Phi) is 7.35. The van der Waals surface area contributed by atoms with E-state index in [1.807, 2.05) is 0 Å². The Morgan fingerprint density at radius 3 is 2.72 bits per heavy atom. The van der Waals surface area contributed by atoms with E-state index >= 15 is 0 Å². The second kappa shape index (κ2) is 10.5. The summed E-state index contributed by atoms with van der Waals surface area (Å²) >= 11 is 0. The molecular weight excluding hydrogens is 552 g/mol. The molecule has 0 saturated carbocycles. The molecule has 3 aromatic heterocycles. The fraction of sp³-hybridized carbons (Fsp3) is 0.526.